The van der Waals surface area contributed by atoms with Crippen molar-refractivity contribution in [3.05, 3.63) is 59.5 Å². The average Bonchev–Trinajstić information content (AvgIpc) is 3.29. The van der Waals surface area contributed by atoms with Gasteiger partial charge in [-0.25, -0.2) is 4.98 Å². The molecule has 8 heteroatoms. The molecule has 1 amide bonds. The Labute approximate surface area is 180 Å². The second-order valence-electron chi connectivity index (χ2n) is 7.74. The van der Waals surface area contributed by atoms with Crippen molar-refractivity contribution in [3.63, 3.8) is 0 Å². The number of pyridine rings is 1. The van der Waals surface area contributed by atoms with Crippen molar-refractivity contribution in [2.45, 2.75) is 33.4 Å². The summed E-state index contributed by atoms with van der Waals surface area (Å²) in [5, 5.41) is 12.7. The van der Waals surface area contributed by atoms with Crippen LogP contribution in [-0.2, 0) is 13.6 Å². The molecule has 0 aliphatic heterocycles. The number of methoxy groups -OCH3 is 1. The predicted molar refractivity (Wildman–Crippen MR) is 119 cm³/mol. The van der Waals surface area contributed by atoms with Crippen molar-refractivity contribution in [1.82, 2.24) is 29.9 Å². The molecule has 4 rings (SSSR count). The number of aromatic nitrogens is 5. The van der Waals surface area contributed by atoms with Crippen LogP contribution in [-0.4, -0.2) is 43.6 Å². The number of aryl methyl sites for hydroxylation is 3. The first kappa shape index (κ1) is 20.6. The first-order valence-corrected chi connectivity index (χ1v) is 10.2. The van der Waals surface area contributed by atoms with Gasteiger partial charge < -0.3 is 10.1 Å². The summed E-state index contributed by atoms with van der Waals surface area (Å²) in [5.74, 6) is 0.608. The third-order valence-electron chi connectivity index (χ3n) is 5.21. The molecule has 0 radical (unpaired) electrons. The number of fused-ring (bicyclic) bond motifs is 1. The minimum Gasteiger partial charge on any atom is -0.497 e. The van der Waals surface area contributed by atoms with Gasteiger partial charge in [-0.3, -0.25) is 14.2 Å². The van der Waals surface area contributed by atoms with Gasteiger partial charge in [0.15, 0.2) is 5.65 Å². The monoisotopic (exact) mass is 418 g/mol. The largest absolute Gasteiger partial charge is 0.497 e. The Hall–Kier alpha value is -3.68. The van der Waals surface area contributed by atoms with E-state index in [9.17, 15) is 4.79 Å². The van der Waals surface area contributed by atoms with Gasteiger partial charge in [0.05, 0.1) is 41.7 Å². The first-order valence-electron chi connectivity index (χ1n) is 10.2. The summed E-state index contributed by atoms with van der Waals surface area (Å²) < 4.78 is 8.79. The van der Waals surface area contributed by atoms with Crippen LogP contribution in [0.4, 0.5) is 0 Å². The molecule has 0 unspecified atom stereocenters. The number of rotatable bonds is 6. The summed E-state index contributed by atoms with van der Waals surface area (Å²) in [4.78, 5) is 18.1. The lowest BCUT2D eigenvalue weighted by molar-refractivity contribution is 0.0937. The fourth-order valence-corrected chi connectivity index (χ4v) is 3.73. The predicted octanol–water partition coefficient (Wildman–Crippen LogP) is 3.28. The maximum absolute atomic E-state index is 13.3. The molecule has 1 aromatic carbocycles. The van der Waals surface area contributed by atoms with Gasteiger partial charge in [0.1, 0.15) is 5.75 Å². The third-order valence-corrected chi connectivity index (χ3v) is 5.21. The van der Waals surface area contributed by atoms with Crippen LogP contribution >= 0.6 is 0 Å². The molecule has 1 atom stereocenters. The minimum absolute atomic E-state index is 0.101. The van der Waals surface area contributed by atoms with Gasteiger partial charge in [-0.2, -0.15) is 10.2 Å². The average molecular weight is 419 g/mol. The molecule has 160 valence electrons. The van der Waals surface area contributed by atoms with E-state index >= 15 is 0 Å². The minimum atomic E-state index is -0.158. The van der Waals surface area contributed by atoms with Crippen molar-refractivity contribution in [2.24, 2.45) is 7.05 Å². The summed E-state index contributed by atoms with van der Waals surface area (Å²) >= 11 is 0. The van der Waals surface area contributed by atoms with Gasteiger partial charge in [-0.05, 0) is 57.2 Å². The lowest BCUT2D eigenvalue weighted by Gasteiger charge is -2.15. The van der Waals surface area contributed by atoms with Crippen molar-refractivity contribution in [3.8, 4) is 17.0 Å². The van der Waals surface area contributed by atoms with Crippen LogP contribution in [0.1, 0.15) is 28.7 Å². The second-order valence-corrected chi connectivity index (χ2v) is 7.74. The van der Waals surface area contributed by atoms with E-state index in [0.717, 1.165) is 28.1 Å². The van der Waals surface area contributed by atoms with E-state index in [-0.39, 0.29) is 11.9 Å². The molecule has 0 bridgehead atoms. The van der Waals surface area contributed by atoms with Gasteiger partial charge in [-0.1, -0.05) is 0 Å². The highest BCUT2D eigenvalue weighted by atomic mass is 16.5. The van der Waals surface area contributed by atoms with Crippen molar-refractivity contribution in [1.29, 1.82) is 0 Å². The van der Waals surface area contributed by atoms with Crippen LogP contribution in [0.5, 0.6) is 5.75 Å². The summed E-state index contributed by atoms with van der Waals surface area (Å²) in [6.45, 7) is 6.39. The van der Waals surface area contributed by atoms with Crippen molar-refractivity contribution in [2.75, 3.05) is 7.11 Å². The number of benzene rings is 1. The normalized spacial score (nSPS) is 12.2. The van der Waals surface area contributed by atoms with Gasteiger partial charge >= 0.3 is 0 Å². The van der Waals surface area contributed by atoms with Crippen molar-refractivity contribution >= 4 is 16.9 Å². The zero-order valence-corrected chi connectivity index (χ0v) is 18.4. The Kier molecular flexibility index (Phi) is 5.46. The zero-order valence-electron chi connectivity index (χ0n) is 18.4. The van der Waals surface area contributed by atoms with Crippen LogP contribution in [0.3, 0.4) is 0 Å². The highest BCUT2D eigenvalue weighted by Gasteiger charge is 2.20. The SMILES string of the molecule is COc1ccc(-c2cc(C(=O)N[C@H](C)Cn3ccc(C)n3)c3c(C)nn(C)c3n2)cc1. The van der Waals surface area contributed by atoms with Gasteiger partial charge in [0.25, 0.3) is 5.91 Å². The molecular formula is C23H26N6O2. The smallest absolute Gasteiger partial charge is 0.252 e. The summed E-state index contributed by atoms with van der Waals surface area (Å²) in [5.41, 5.74) is 4.56. The van der Waals surface area contributed by atoms with E-state index in [1.165, 1.54) is 0 Å². The van der Waals surface area contributed by atoms with E-state index in [1.807, 2.05) is 75.1 Å². The summed E-state index contributed by atoms with van der Waals surface area (Å²) in [7, 11) is 3.47. The van der Waals surface area contributed by atoms with E-state index in [0.29, 0.717) is 23.4 Å². The van der Waals surface area contributed by atoms with E-state index < -0.39 is 0 Å². The second kappa shape index (κ2) is 8.22. The van der Waals surface area contributed by atoms with Crippen LogP contribution in [0, 0.1) is 13.8 Å². The number of nitrogens with zero attached hydrogens (tertiary/aromatic N) is 5. The molecule has 3 heterocycles. The lowest BCUT2D eigenvalue weighted by atomic mass is 10.0. The molecule has 0 fully saturated rings. The molecule has 0 aliphatic carbocycles. The molecule has 0 aliphatic rings. The first-order chi connectivity index (χ1) is 14.9. The van der Waals surface area contributed by atoms with E-state index in [1.54, 1.807) is 11.8 Å². The number of ether oxygens (including phenoxy) is 1. The van der Waals surface area contributed by atoms with Crippen LogP contribution < -0.4 is 10.1 Å². The van der Waals surface area contributed by atoms with E-state index in [2.05, 4.69) is 15.5 Å². The van der Waals surface area contributed by atoms with Crippen LogP contribution in [0.15, 0.2) is 42.6 Å². The van der Waals surface area contributed by atoms with Gasteiger partial charge in [0, 0.05) is 24.8 Å². The molecule has 8 nitrogen and oxygen atoms in total. The molecule has 31 heavy (non-hydrogen) atoms. The Bertz CT molecular complexity index is 1240. The number of amides is 1. The Balaban J connectivity index is 1.70. The maximum atomic E-state index is 13.3. The molecule has 1 N–H and O–H groups in total. The topological polar surface area (TPSA) is 86.9 Å². The molecule has 0 saturated heterocycles. The molecular weight excluding hydrogens is 392 g/mol. The molecule has 3 aromatic heterocycles. The number of carbonyl (C=O) groups excluding carboxylic acids is 1. The third kappa shape index (κ3) is 4.14. The fraction of sp³-hybridized carbons (Fsp3) is 0.304. The maximum Gasteiger partial charge on any atom is 0.252 e. The number of hydrogen-bond acceptors (Lipinski definition) is 5. The highest BCUT2D eigenvalue weighted by molar-refractivity contribution is 6.07. The Morgan fingerprint density at radius 1 is 1.16 bits per heavy atom. The standard InChI is InChI=1S/C23H26N6O2/c1-14-10-11-29(26-14)13-15(2)24-23(30)19-12-20(17-6-8-18(31-5)9-7-17)25-22-21(19)16(3)27-28(22)4/h6-12,15H,13H2,1-5H3,(H,24,30)/t15-/m1/s1. The molecule has 0 spiro atoms. The molecule has 4 aromatic rings. The quantitative estimate of drug-likeness (QED) is 0.519. The zero-order chi connectivity index (χ0) is 22.1. The van der Waals surface area contributed by atoms with Gasteiger partial charge in [0.2, 0.25) is 0 Å². The van der Waals surface area contributed by atoms with Crippen LogP contribution in [0.25, 0.3) is 22.3 Å². The van der Waals surface area contributed by atoms with Gasteiger partial charge in [-0.15, -0.1) is 0 Å². The lowest BCUT2D eigenvalue weighted by Crippen LogP contribution is -2.36. The highest BCUT2D eigenvalue weighted by Crippen LogP contribution is 2.28. The summed E-state index contributed by atoms with van der Waals surface area (Å²) in [6.07, 6.45) is 1.91. The molecule has 0 saturated carbocycles. The summed E-state index contributed by atoms with van der Waals surface area (Å²) in [6, 6.07) is 11.3. The number of nitrogens with one attached hydrogen (secondary N) is 1. The Morgan fingerprint density at radius 2 is 1.90 bits per heavy atom. The van der Waals surface area contributed by atoms with E-state index in [4.69, 9.17) is 9.72 Å². The van der Waals surface area contributed by atoms with Crippen molar-refractivity contribution < 1.29 is 9.53 Å². The Morgan fingerprint density at radius 3 is 2.55 bits per heavy atom. The van der Waals surface area contributed by atoms with Crippen LogP contribution in [0.2, 0.25) is 0 Å². The number of hydrogen-bond donors (Lipinski definition) is 1. The fourth-order valence-electron chi connectivity index (χ4n) is 3.73. The number of carbonyl (C=O) groups is 1.